The molecule has 12 rings (SSSR count). The number of fused-ring (bicyclic) bond motifs is 2. The number of sulfone groups is 2. The van der Waals surface area contributed by atoms with Gasteiger partial charge < -0.3 is 39.4 Å². The highest BCUT2D eigenvalue weighted by molar-refractivity contribution is 7.90. The summed E-state index contributed by atoms with van der Waals surface area (Å²) in [6.45, 7) is 18.1. The van der Waals surface area contributed by atoms with Crippen molar-refractivity contribution in [1.29, 1.82) is 0 Å². The summed E-state index contributed by atoms with van der Waals surface area (Å²) in [5.41, 5.74) is 2.90. The van der Waals surface area contributed by atoms with Gasteiger partial charge in [-0.1, -0.05) is 24.3 Å². The molecular weight excluding hydrogens is 1400 g/mol. The van der Waals surface area contributed by atoms with Gasteiger partial charge in [-0.15, -0.1) is 22.7 Å². The third-order valence-electron chi connectivity index (χ3n) is 16.2. The first kappa shape index (κ1) is 73.7. The average molecular weight is 1470 g/mol. The van der Waals surface area contributed by atoms with E-state index in [1.807, 2.05) is 13.8 Å². The van der Waals surface area contributed by atoms with Crippen LogP contribution >= 0.6 is 22.7 Å². The lowest BCUT2D eigenvalue weighted by molar-refractivity contribution is 0.0117. The van der Waals surface area contributed by atoms with E-state index in [0.29, 0.717) is 66.9 Å². The number of carbonyl (C=O) groups is 2. The van der Waals surface area contributed by atoms with E-state index in [-0.39, 0.29) is 85.3 Å². The number of hydrogen-bond donors (Lipinski definition) is 2. The van der Waals surface area contributed by atoms with Gasteiger partial charge in [0.2, 0.25) is 23.7 Å². The Morgan fingerprint density at radius 2 is 0.902 bits per heavy atom. The second kappa shape index (κ2) is 30.6. The Kier molecular flexibility index (Phi) is 22.1. The highest BCUT2D eigenvalue weighted by Gasteiger charge is 2.36. The zero-order valence-corrected chi connectivity index (χ0v) is 60.9. The smallest absolute Gasteiger partial charge is 0.410 e. The fourth-order valence-corrected chi connectivity index (χ4v) is 16.1. The number of anilines is 2. The van der Waals surface area contributed by atoms with Crippen LogP contribution in [0.3, 0.4) is 0 Å². The summed E-state index contributed by atoms with van der Waals surface area (Å²) < 4.78 is 137. The minimum atomic E-state index is -3.76. The highest BCUT2D eigenvalue weighted by atomic mass is 32.2. The quantitative estimate of drug-likeness (QED) is 0.0755. The Hall–Kier alpha value is -9.52. The molecule has 0 unspecified atom stereocenters. The van der Waals surface area contributed by atoms with E-state index in [4.69, 9.17) is 18.9 Å². The lowest BCUT2D eigenvalue weighted by Gasteiger charge is -2.36. The second-order valence-corrected chi connectivity index (χ2v) is 33.3. The Morgan fingerprint density at radius 3 is 1.27 bits per heavy atom. The number of nitrogens with one attached hydrogen (secondary N) is 2. The SMILES string of the molecule is Cc1nc(CS(=O)(=O)Cc2c(F)ccc3c(Oc4ncccc4-c4ccnc(N[C@@H]5C[C@@H](F)CN(C(=O)OC(C)(C)C)C5)n4)c(C)ccc23)cs1.Cc1nc(CS(=O)(=O)Cc2c(F)ccc3c(Oc4ncccc4-c4ccnc(N[C@H]5C[C@H](F)CN(C(=O)OC(C)(C)C)C5)n4)c(C)ccc23)cs1. The summed E-state index contributed by atoms with van der Waals surface area (Å²) in [6.07, 6.45) is 2.84. The molecule has 0 aliphatic carbocycles. The van der Waals surface area contributed by atoms with E-state index in [1.165, 1.54) is 44.6 Å². The third kappa shape index (κ3) is 18.8. The van der Waals surface area contributed by atoms with E-state index in [2.05, 4.69) is 50.5 Å². The molecule has 2 aliphatic heterocycles. The predicted molar refractivity (Wildman–Crippen MR) is 384 cm³/mol. The van der Waals surface area contributed by atoms with Crippen molar-refractivity contribution in [2.45, 2.75) is 141 Å². The number of aryl methyl sites for hydroxylation is 4. The average Bonchev–Trinajstić information content (AvgIpc) is 0.854. The third-order valence-corrected chi connectivity index (χ3v) is 20.7. The van der Waals surface area contributed by atoms with E-state index in [0.717, 1.165) is 21.1 Å². The maximum absolute atomic E-state index is 15.3. The topological polar surface area (TPSA) is 273 Å². The minimum absolute atomic E-state index is 0.0422. The summed E-state index contributed by atoms with van der Waals surface area (Å²) in [6, 6.07) is 21.9. The van der Waals surface area contributed by atoms with Gasteiger partial charge in [0.05, 0.1) is 80.0 Å². The zero-order valence-electron chi connectivity index (χ0n) is 57.6. The number of benzene rings is 4. The van der Waals surface area contributed by atoms with Gasteiger partial charge in [0.25, 0.3) is 0 Å². The van der Waals surface area contributed by atoms with Crippen molar-refractivity contribution in [2.75, 3.05) is 36.8 Å². The van der Waals surface area contributed by atoms with Crippen molar-refractivity contribution in [1.82, 2.24) is 49.7 Å². The standard InChI is InChI=1S/2C36H38F2N6O5S2/c2*1-21-8-9-26-27(10-11-30(38)29(26)20-51(46,47)19-25-18-50-22(2)41-25)32(21)48-33-28(7-6-13-39-33)31-12-14-40-34(43-31)42-24-15-23(37)16-44(17-24)35(45)49-36(3,4)5/h2*6-14,18,23-24H,15-17,19-20H2,1-5H3,(H,40,42,43)/t2*23-,24-/m10/s1. The highest BCUT2D eigenvalue weighted by Crippen LogP contribution is 2.41. The lowest BCUT2D eigenvalue weighted by Crippen LogP contribution is -2.51. The summed E-state index contributed by atoms with van der Waals surface area (Å²) in [7, 11) is -7.52. The first-order chi connectivity index (χ1) is 48.3. The number of hydrogen-bond acceptors (Lipinski definition) is 22. The molecule has 4 aromatic carbocycles. The molecule has 0 saturated carbocycles. The Morgan fingerprint density at radius 1 is 0.510 bits per heavy atom. The van der Waals surface area contributed by atoms with Crippen LogP contribution in [0.5, 0.6) is 23.3 Å². The molecule has 2 N–H and O–H groups in total. The van der Waals surface area contributed by atoms with Crippen LogP contribution in [0.4, 0.5) is 39.0 Å². The van der Waals surface area contributed by atoms with Crippen LogP contribution in [0.15, 0.2) is 120 Å². The van der Waals surface area contributed by atoms with Gasteiger partial charge in [0.15, 0.2) is 19.7 Å². The fourth-order valence-electron chi connectivity index (χ4n) is 11.8. The van der Waals surface area contributed by atoms with Gasteiger partial charge in [-0.25, -0.2) is 83.9 Å². The van der Waals surface area contributed by atoms with Crippen LogP contribution in [0, 0.1) is 39.3 Å². The van der Waals surface area contributed by atoms with Gasteiger partial charge in [0, 0.05) is 95.5 Å². The number of nitrogens with zero attached hydrogens (tertiary/aromatic N) is 10. The van der Waals surface area contributed by atoms with Crippen LogP contribution in [0.25, 0.3) is 44.1 Å². The van der Waals surface area contributed by atoms with Gasteiger partial charge >= 0.3 is 12.2 Å². The number of ether oxygens (including phenoxy) is 4. The molecule has 4 atom stereocenters. The van der Waals surface area contributed by atoms with Crippen molar-refractivity contribution < 1.29 is 62.9 Å². The Bertz CT molecular complexity index is 4690. The number of aromatic nitrogens is 8. The van der Waals surface area contributed by atoms with Gasteiger partial charge in [-0.05, 0) is 152 Å². The van der Waals surface area contributed by atoms with Gasteiger partial charge in [-0.2, -0.15) is 0 Å². The molecule has 8 heterocycles. The van der Waals surface area contributed by atoms with E-state index >= 15 is 8.78 Å². The number of pyridine rings is 2. The lowest BCUT2D eigenvalue weighted by atomic mass is 10.0. The number of thiazole rings is 2. The van der Waals surface area contributed by atoms with Crippen LogP contribution in [-0.4, -0.2) is 141 Å². The molecule has 0 spiro atoms. The van der Waals surface area contributed by atoms with Crippen molar-refractivity contribution >= 4 is 88.0 Å². The molecule has 0 bridgehead atoms. The minimum Gasteiger partial charge on any atom is -0.444 e. The maximum atomic E-state index is 15.3. The van der Waals surface area contributed by atoms with E-state index < -0.39 is 90.6 Å². The van der Waals surface area contributed by atoms with Crippen LogP contribution in [0.1, 0.15) is 98.0 Å². The Balaban J connectivity index is 0.000000205. The van der Waals surface area contributed by atoms with E-state index in [1.54, 1.807) is 164 Å². The van der Waals surface area contributed by atoms with Crippen LogP contribution in [0.2, 0.25) is 0 Å². The zero-order chi connectivity index (χ0) is 73.0. The van der Waals surface area contributed by atoms with Gasteiger partial charge in [0.1, 0.15) is 46.7 Å². The summed E-state index contributed by atoms with van der Waals surface area (Å²) in [5, 5.41) is 13.0. The summed E-state index contributed by atoms with van der Waals surface area (Å²) >= 11 is 2.71. The molecule has 102 heavy (non-hydrogen) atoms. The molecule has 2 fully saturated rings. The molecular formula is C72H76F4N12O10S4. The molecule has 2 saturated heterocycles. The molecule has 2 amide bonds. The maximum Gasteiger partial charge on any atom is 0.410 e. The molecule has 536 valence electrons. The summed E-state index contributed by atoms with van der Waals surface area (Å²) in [5.74, 6) is -1.29. The van der Waals surface area contributed by atoms with E-state index in [9.17, 15) is 35.2 Å². The normalized spacial score (nSPS) is 16.6. The van der Waals surface area contributed by atoms with Gasteiger partial charge in [-0.3, -0.25) is 0 Å². The van der Waals surface area contributed by atoms with Crippen molar-refractivity contribution in [3.8, 4) is 45.8 Å². The first-order valence-corrected chi connectivity index (χ1v) is 38.0. The molecule has 22 nitrogen and oxygen atoms in total. The van der Waals surface area contributed by atoms with Crippen LogP contribution in [-0.2, 0) is 52.2 Å². The number of carbonyl (C=O) groups excluding carboxylic acids is 2. The Labute approximate surface area is 596 Å². The molecule has 30 heteroatoms. The fraction of sp³-hybridized carbons (Fsp3) is 0.361. The van der Waals surface area contributed by atoms with Crippen molar-refractivity contribution in [3.05, 3.63) is 176 Å². The number of alkyl halides is 2. The monoisotopic (exact) mass is 1470 g/mol. The van der Waals surface area contributed by atoms with Crippen molar-refractivity contribution in [2.24, 2.45) is 0 Å². The molecule has 6 aromatic heterocycles. The summed E-state index contributed by atoms with van der Waals surface area (Å²) in [4.78, 5) is 63.5. The number of piperidine rings is 2. The number of rotatable bonds is 18. The number of halogens is 4. The first-order valence-electron chi connectivity index (χ1n) is 32.6. The second-order valence-electron chi connectivity index (χ2n) is 27.0. The molecule has 10 aromatic rings. The largest absolute Gasteiger partial charge is 0.444 e. The number of amides is 2. The predicted octanol–water partition coefficient (Wildman–Crippen LogP) is 15.1. The number of likely N-dealkylation sites (tertiary alicyclic amines) is 2. The molecule has 2 aliphatic rings. The van der Waals surface area contributed by atoms with Crippen LogP contribution < -0.4 is 20.1 Å². The molecule has 0 radical (unpaired) electrons. The van der Waals surface area contributed by atoms with Crippen molar-refractivity contribution in [3.63, 3.8) is 0 Å².